The molecule has 0 bridgehead atoms. The number of hydrogen-bond acceptors (Lipinski definition) is 5. The fourth-order valence-corrected chi connectivity index (χ4v) is 3.70. The van der Waals surface area contributed by atoms with Gasteiger partial charge in [0.1, 0.15) is 17.9 Å². The third-order valence-corrected chi connectivity index (χ3v) is 5.21. The van der Waals surface area contributed by atoms with Crippen LogP contribution in [-0.4, -0.2) is 60.1 Å². The number of nitrogens with zero attached hydrogens (tertiary/aromatic N) is 5. The molecule has 30 heavy (non-hydrogen) atoms. The van der Waals surface area contributed by atoms with Crippen LogP contribution in [0.15, 0.2) is 29.5 Å². The van der Waals surface area contributed by atoms with E-state index in [2.05, 4.69) is 44.1 Å². The van der Waals surface area contributed by atoms with E-state index in [0.717, 1.165) is 62.2 Å². The summed E-state index contributed by atoms with van der Waals surface area (Å²) in [7, 11) is 1.69. The minimum Gasteiger partial charge on any atom is -0.495 e. The predicted octanol–water partition coefficient (Wildman–Crippen LogP) is 2.95. The molecule has 2 N–H and O–H groups in total. The van der Waals surface area contributed by atoms with Crippen molar-refractivity contribution in [2.24, 2.45) is 4.99 Å². The number of guanidine groups is 1. The molecule has 166 valence electrons. The molecule has 8 nitrogen and oxygen atoms in total. The number of benzene rings is 1. The molecule has 1 fully saturated rings. The van der Waals surface area contributed by atoms with Crippen LogP contribution in [0, 0.1) is 0 Å². The summed E-state index contributed by atoms with van der Waals surface area (Å²) in [5.41, 5.74) is 1.03. The highest BCUT2D eigenvalue weighted by Crippen LogP contribution is 2.33. The lowest BCUT2D eigenvalue weighted by Gasteiger charge is -2.22. The first kappa shape index (κ1) is 24.5. The van der Waals surface area contributed by atoms with Gasteiger partial charge in [-0.2, -0.15) is 0 Å². The lowest BCUT2D eigenvalue weighted by atomic mass is 10.2. The number of hydrogen-bond donors (Lipinski definition) is 2. The highest BCUT2D eigenvalue weighted by molar-refractivity contribution is 14.0. The molecule has 1 aliphatic rings. The lowest BCUT2D eigenvalue weighted by Crippen LogP contribution is -2.44. The fourth-order valence-electron chi connectivity index (χ4n) is 3.53. The molecule has 2 heterocycles. The minimum atomic E-state index is 0. The number of halogens is 2. The maximum Gasteiger partial charge on any atom is 0.191 e. The normalized spacial score (nSPS) is 16.3. The molecule has 1 unspecified atom stereocenters. The summed E-state index contributed by atoms with van der Waals surface area (Å²) in [5.74, 6) is 2.67. The Kier molecular flexibility index (Phi) is 9.96. The van der Waals surface area contributed by atoms with Gasteiger partial charge in [-0.25, -0.2) is 0 Å². The van der Waals surface area contributed by atoms with Gasteiger partial charge in [-0.1, -0.05) is 18.5 Å². The molecule has 1 aromatic heterocycles. The van der Waals surface area contributed by atoms with E-state index in [1.165, 1.54) is 0 Å². The average molecular weight is 548 g/mol. The van der Waals surface area contributed by atoms with Crippen molar-refractivity contribution >= 4 is 47.2 Å². The van der Waals surface area contributed by atoms with E-state index in [0.29, 0.717) is 17.6 Å². The van der Waals surface area contributed by atoms with Crippen LogP contribution in [0.1, 0.15) is 26.1 Å². The van der Waals surface area contributed by atoms with Crippen molar-refractivity contribution in [1.82, 2.24) is 25.4 Å². The van der Waals surface area contributed by atoms with Gasteiger partial charge < -0.3 is 24.8 Å². The highest BCUT2D eigenvalue weighted by atomic mass is 127. The van der Waals surface area contributed by atoms with Gasteiger partial charge in [-0.3, -0.25) is 4.99 Å². The quantitative estimate of drug-likeness (QED) is 0.301. The summed E-state index contributed by atoms with van der Waals surface area (Å²) < 4.78 is 7.56. The molecular weight excluding hydrogens is 517 g/mol. The Labute approximate surface area is 200 Å². The Balaban J connectivity index is 0.00000320. The van der Waals surface area contributed by atoms with Crippen LogP contribution in [0.3, 0.4) is 0 Å². The molecule has 0 radical (unpaired) electrons. The SMILES string of the molecule is CCNC(=NCCn1cnnc1CC)NC1CCN(c2cc(Cl)ccc2OC)C1.I. The first-order chi connectivity index (χ1) is 14.1. The minimum absolute atomic E-state index is 0. The van der Waals surface area contributed by atoms with E-state index in [-0.39, 0.29) is 24.0 Å². The van der Waals surface area contributed by atoms with Crippen LogP contribution in [0.25, 0.3) is 0 Å². The van der Waals surface area contributed by atoms with Crippen molar-refractivity contribution in [1.29, 1.82) is 0 Å². The van der Waals surface area contributed by atoms with Crippen LogP contribution in [0.4, 0.5) is 5.69 Å². The zero-order valence-corrected chi connectivity index (χ0v) is 20.9. The van der Waals surface area contributed by atoms with E-state index in [9.17, 15) is 0 Å². The summed E-state index contributed by atoms with van der Waals surface area (Å²) in [6.07, 6.45) is 3.65. The number of nitrogens with one attached hydrogen (secondary N) is 2. The van der Waals surface area contributed by atoms with E-state index < -0.39 is 0 Å². The summed E-state index contributed by atoms with van der Waals surface area (Å²) in [5, 5.41) is 15.7. The number of ether oxygens (including phenoxy) is 1. The van der Waals surface area contributed by atoms with Crippen molar-refractivity contribution in [3.05, 3.63) is 35.4 Å². The van der Waals surface area contributed by atoms with Gasteiger partial charge in [0.05, 0.1) is 19.3 Å². The Bertz CT molecular complexity index is 829. The number of aryl methyl sites for hydroxylation is 1. The predicted molar refractivity (Wildman–Crippen MR) is 133 cm³/mol. The Morgan fingerprint density at radius 2 is 2.20 bits per heavy atom. The molecule has 1 aliphatic heterocycles. The summed E-state index contributed by atoms with van der Waals surface area (Å²) in [6.45, 7) is 8.21. The topological polar surface area (TPSA) is 79.6 Å². The van der Waals surface area contributed by atoms with Crippen LogP contribution in [-0.2, 0) is 13.0 Å². The van der Waals surface area contributed by atoms with Gasteiger partial charge >= 0.3 is 0 Å². The van der Waals surface area contributed by atoms with Crippen molar-refractivity contribution in [2.45, 2.75) is 39.3 Å². The standard InChI is InChI=1S/C20H30ClN7O.HI/c1-4-19-26-24-14-28(19)11-9-23-20(22-5-2)25-16-8-10-27(13-16)17-12-15(21)6-7-18(17)29-3;/h6-7,12,14,16H,4-5,8-11,13H2,1-3H3,(H2,22,23,25);1H. The molecule has 10 heteroatoms. The summed E-state index contributed by atoms with van der Waals surface area (Å²) >= 11 is 6.20. The molecule has 1 aromatic carbocycles. The third kappa shape index (κ3) is 6.37. The summed E-state index contributed by atoms with van der Waals surface area (Å²) in [6, 6.07) is 6.04. The number of aromatic nitrogens is 3. The largest absolute Gasteiger partial charge is 0.495 e. The molecule has 0 aliphatic carbocycles. The van der Waals surface area contributed by atoms with Gasteiger partial charge in [0.25, 0.3) is 0 Å². The second kappa shape index (κ2) is 12.2. The highest BCUT2D eigenvalue weighted by Gasteiger charge is 2.25. The second-order valence-electron chi connectivity index (χ2n) is 6.95. The first-order valence-corrected chi connectivity index (χ1v) is 10.5. The van der Waals surface area contributed by atoms with E-state index >= 15 is 0 Å². The number of aliphatic imine (C=N–C) groups is 1. The number of methoxy groups -OCH3 is 1. The van der Waals surface area contributed by atoms with Crippen LogP contribution in [0.2, 0.25) is 5.02 Å². The third-order valence-electron chi connectivity index (χ3n) is 4.98. The van der Waals surface area contributed by atoms with Crippen molar-refractivity contribution < 1.29 is 4.74 Å². The Hall–Kier alpha value is -1.75. The first-order valence-electron chi connectivity index (χ1n) is 10.1. The maximum atomic E-state index is 6.20. The van der Waals surface area contributed by atoms with Gasteiger partial charge in [0, 0.05) is 43.7 Å². The van der Waals surface area contributed by atoms with Crippen LogP contribution < -0.4 is 20.3 Å². The Morgan fingerprint density at radius 3 is 2.93 bits per heavy atom. The molecule has 0 spiro atoms. The maximum absolute atomic E-state index is 6.20. The van der Waals surface area contributed by atoms with Crippen LogP contribution in [0.5, 0.6) is 5.75 Å². The molecule has 1 saturated heterocycles. The van der Waals surface area contributed by atoms with Crippen molar-refractivity contribution in [3.63, 3.8) is 0 Å². The van der Waals surface area contributed by atoms with Gasteiger partial charge in [0.2, 0.25) is 0 Å². The van der Waals surface area contributed by atoms with Gasteiger partial charge in [-0.05, 0) is 31.5 Å². The van der Waals surface area contributed by atoms with E-state index in [1.807, 2.05) is 18.2 Å². The molecule has 2 aromatic rings. The van der Waals surface area contributed by atoms with Crippen molar-refractivity contribution in [3.8, 4) is 5.75 Å². The number of anilines is 1. The second-order valence-corrected chi connectivity index (χ2v) is 7.38. The smallest absolute Gasteiger partial charge is 0.191 e. The summed E-state index contributed by atoms with van der Waals surface area (Å²) in [4.78, 5) is 7.03. The fraction of sp³-hybridized carbons (Fsp3) is 0.550. The molecule has 0 saturated carbocycles. The van der Waals surface area contributed by atoms with Crippen LogP contribution >= 0.6 is 35.6 Å². The van der Waals surface area contributed by atoms with Gasteiger partial charge in [0.15, 0.2) is 5.96 Å². The lowest BCUT2D eigenvalue weighted by molar-refractivity contribution is 0.415. The molecule has 3 rings (SSSR count). The van der Waals surface area contributed by atoms with E-state index in [1.54, 1.807) is 13.4 Å². The van der Waals surface area contributed by atoms with Crippen molar-refractivity contribution in [2.75, 3.05) is 38.2 Å². The molecular formula is C20H31ClIN7O. The molecule has 0 amide bonds. The van der Waals surface area contributed by atoms with Gasteiger partial charge in [-0.15, -0.1) is 34.2 Å². The van der Waals surface area contributed by atoms with E-state index in [4.69, 9.17) is 21.3 Å². The average Bonchev–Trinajstić information content (AvgIpc) is 3.37. The zero-order valence-electron chi connectivity index (χ0n) is 17.8. The monoisotopic (exact) mass is 547 g/mol. The molecule has 1 atom stereocenters. The number of rotatable bonds is 8. The Morgan fingerprint density at radius 1 is 1.37 bits per heavy atom. The zero-order chi connectivity index (χ0) is 20.6.